The smallest absolute Gasteiger partial charge is 0.223 e. The zero-order chi connectivity index (χ0) is 21.0. The maximum atomic E-state index is 13.1. The molecular weight excluding hydrogens is 394 g/mol. The number of hydrogen-bond acceptors (Lipinski definition) is 3. The van der Waals surface area contributed by atoms with Gasteiger partial charge in [-0.25, -0.2) is 8.42 Å². The first-order chi connectivity index (χ1) is 14.6. The van der Waals surface area contributed by atoms with Crippen molar-refractivity contribution in [2.45, 2.75) is 28.9 Å². The molecule has 0 aromatic heterocycles. The number of benzene rings is 3. The van der Waals surface area contributed by atoms with Crippen molar-refractivity contribution in [2.24, 2.45) is 0 Å². The van der Waals surface area contributed by atoms with Gasteiger partial charge < -0.3 is 4.90 Å². The van der Waals surface area contributed by atoms with Gasteiger partial charge in [0.05, 0.1) is 10.1 Å². The van der Waals surface area contributed by atoms with E-state index in [1.807, 2.05) is 60.7 Å². The summed E-state index contributed by atoms with van der Waals surface area (Å²) in [6, 6.07) is 28.5. The standard InChI is InChI=1S/C25H25NO3S/c27-25(18-24(20-10-4-1-5-11-20)21-12-6-2-7-13-21)26-17-16-23(19-26)30(28,29)22-14-8-3-9-15-22/h1-15,23-24H,16-19H2. The van der Waals surface area contributed by atoms with Gasteiger partial charge in [0.15, 0.2) is 9.84 Å². The maximum Gasteiger partial charge on any atom is 0.223 e. The molecule has 1 heterocycles. The first-order valence-corrected chi connectivity index (χ1v) is 11.8. The van der Waals surface area contributed by atoms with E-state index in [0.717, 1.165) is 11.1 Å². The molecule has 0 bridgehead atoms. The van der Waals surface area contributed by atoms with Crippen molar-refractivity contribution in [1.29, 1.82) is 0 Å². The quantitative estimate of drug-likeness (QED) is 0.599. The van der Waals surface area contributed by atoms with Crippen molar-refractivity contribution < 1.29 is 13.2 Å². The number of hydrogen-bond donors (Lipinski definition) is 0. The van der Waals surface area contributed by atoms with Gasteiger partial charge in [-0.05, 0) is 29.7 Å². The molecule has 30 heavy (non-hydrogen) atoms. The Bertz CT molecular complexity index is 1040. The monoisotopic (exact) mass is 419 g/mol. The topological polar surface area (TPSA) is 54.5 Å². The van der Waals surface area contributed by atoms with E-state index < -0.39 is 15.1 Å². The molecule has 0 spiro atoms. The summed E-state index contributed by atoms with van der Waals surface area (Å²) in [4.78, 5) is 15.2. The van der Waals surface area contributed by atoms with Gasteiger partial charge in [0, 0.05) is 25.4 Å². The Morgan fingerprint density at radius 1 is 0.833 bits per heavy atom. The molecule has 0 N–H and O–H groups in total. The minimum absolute atomic E-state index is 0.00142. The highest BCUT2D eigenvalue weighted by atomic mass is 32.2. The number of rotatable bonds is 6. The SMILES string of the molecule is O=C(CC(c1ccccc1)c1ccccc1)N1CCC(S(=O)(=O)c2ccccc2)C1. The van der Waals surface area contributed by atoms with Crippen LogP contribution >= 0.6 is 0 Å². The highest BCUT2D eigenvalue weighted by Crippen LogP contribution is 2.30. The fourth-order valence-electron chi connectivity index (χ4n) is 4.11. The fraction of sp³-hybridized carbons (Fsp3) is 0.240. The summed E-state index contributed by atoms with van der Waals surface area (Å²) >= 11 is 0. The van der Waals surface area contributed by atoms with E-state index in [-0.39, 0.29) is 18.4 Å². The molecule has 3 aromatic carbocycles. The summed E-state index contributed by atoms with van der Waals surface area (Å²) in [5.41, 5.74) is 2.18. The van der Waals surface area contributed by atoms with Crippen molar-refractivity contribution in [1.82, 2.24) is 4.90 Å². The molecule has 1 aliphatic rings. The van der Waals surface area contributed by atoms with Crippen molar-refractivity contribution in [3.63, 3.8) is 0 Å². The first-order valence-electron chi connectivity index (χ1n) is 10.2. The molecular formula is C25H25NO3S. The molecule has 1 saturated heterocycles. The molecule has 1 fully saturated rings. The van der Waals surface area contributed by atoms with Crippen LogP contribution in [0.1, 0.15) is 29.9 Å². The van der Waals surface area contributed by atoms with Gasteiger partial charge in [0.25, 0.3) is 0 Å². The average molecular weight is 420 g/mol. The third kappa shape index (κ3) is 4.31. The lowest BCUT2D eigenvalue weighted by Gasteiger charge is -2.22. The molecule has 4 nitrogen and oxygen atoms in total. The molecule has 0 radical (unpaired) electrons. The molecule has 0 saturated carbocycles. The molecule has 1 aliphatic heterocycles. The van der Waals surface area contributed by atoms with Crippen LogP contribution in [0.2, 0.25) is 0 Å². The zero-order valence-electron chi connectivity index (χ0n) is 16.7. The molecule has 4 rings (SSSR count). The van der Waals surface area contributed by atoms with Crippen molar-refractivity contribution in [2.75, 3.05) is 13.1 Å². The number of carbonyl (C=O) groups excluding carboxylic acids is 1. The van der Waals surface area contributed by atoms with Gasteiger partial charge in [-0.2, -0.15) is 0 Å². The molecule has 154 valence electrons. The van der Waals surface area contributed by atoms with Gasteiger partial charge in [-0.3, -0.25) is 4.79 Å². The predicted molar refractivity (Wildman–Crippen MR) is 118 cm³/mol. The summed E-state index contributed by atoms with van der Waals surface area (Å²) in [6.07, 6.45) is 0.802. The van der Waals surface area contributed by atoms with Crippen molar-refractivity contribution >= 4 is 15.7 Å². The van der Waals surface area contributed by atoms with Crippen LogP contribution < -0.4 is 0 Å². The highest BCUT2D eigenvalue weighted by molar-refractivity contribution is 7.92. The second-order valence-corrected chi connectivity index (χ2v) is 9.91. The molecule has 5 heteroatoms. The van der Waals surface area contributed by atoms with Crippen molar-refractivity contribution in [3.05, 3.63) is 102 Å². The van der Waals surface area contributed by atoms with Crippen LogP contribution in [0.5, 0.6) is 0 Å². The van der Waals surface area contributed by atoms with Gasteiger partial charge in [0.1, 0.15) is 0 Å². The number of nitrogens with zero attached hydrogens (tertiary/aromatic N) is 1. The Hall–Kier alpha value is -2.92. The molecule has 1 amide bonds. The Labute approximate surface area is 178 Å². The van der Waals surface area contributed by atoms with E-state index in [1.54, 1.807) is 35.2 Å². The Morgan fingerprint density at radius 3 is 1.87 bits per heavy atom. The lowest BCUT2D eigenvalue weighted by molar-refractivity contribution is -0.130. The van der Waals surface area contributed by atoms with E-state index in [4.69, 9.17) is 0 Å². The Balaban J connectivity index is 1.50. The Kier molecular flexibility index (Phi) is 6.00. The lowest BCUT2D eigenvalue weighted by atomic mass is 9.88. The summed E-state index contributed by atoms with van der Waals surface area (Å²) < 4.78 is 25.9. The van der Waals surface area contributed by atoms with Crippen LogP contribution in [0.4, 0.5) is 0 Å². The van der Waals surface area contributed by atoms with Gasteiger partial charge >= 0.3 is 0 Å². The maximum absolute atomic E-state index is 13.1. The summed E-state index contributed by atoms with van der Waals surface area (Å²) in [5, 5.41) is -0.546. The van der Waals surface area contributed by atoms with Gasteiger partial charge in [-0.1, -0.05) is 78.9 Å². The Morgan fingerprint density at radius 2 is 1.33 bits per heavy atom. The second kappa shape index (κ2) is 8.84. The van der Waals surface area contributed by atoms with Gasteiger partial charge in [-0.15, -0.1) is 0 Å². The minimum Gasteiger partial charge on any atom is -0.341 e. The number of carbonyl (C=O) groups is 1. The van der Waals surface area contributed by atoms with Crippen LogP contribution in [0.3, 0.4) is 0 Å². The van der Waals surface area contributed by atoms with E-state index in [2.05, 4.69) is 0 Å². The van der Waals surface area contributed by atoms with Crippen LogP contribution in [0.15, 0.2) is 95.9 Å². The number of amides is 1. The van der Waals surface area contributed by atoms with E-state index in [0.29, 0.717) is 24.3 Å². The van der Waals surface area contributed by atoms with Crippen LogP contribution in [-0.4, -0.2) is 37.6 Å². The minimum atomic E-state index is -3.43. The summed E-state index contributed by atoms with van der Waals surface area (Å²) in [5.74, 6) is -0.0526. The third-order valence-corrected chi connectivity index (χ3v) is 7.98. The van der Waals surface area contributed by atoms with Crippen LogP contribution in [-0.2, 0) is 14.6 Å². The van der Waals surface area contributed by atoms with Crippen LogP contribution in [0.25, 0.3) is 0 Å². The van der Waals surface area contributed by atoms with E-state index in [1.165, 1.54) is 0 Å². The summed E-state index contributed by atoms with van der Waals surface area (Å²) in [7, 11) is -3.43. The fourth-order valence-corrected chi connectivity index (χ4v) is 5.83. The zero-order valence-corrected chi connectivity index (χ0v) is 17.5. The second-order valence-electron chi connectivity index (χ2n) is 7.69. The average Bonchev–Trinajstić information content (AvgIpc) is 3.31. The highest BCUT2D eigenvalue weighted by Gasteiger charge is 2.36. The van der Waals surface area contributed by atoms with E-state index in [9.17, 15) is 13.2 Å². The number of likely N-dealkylation sites (tertiary alicyclic amines) is 1. The summed E-state index contributed by atoms with van der Waals surface area (Å²) in [6.45, 7) is 0.734. The van der Waals surface area contributed by atoms with Crippen molar-refractivity contribution in [3.8, 4) is 0 Å². The van der Waals surface area contributed by atoms with E-state index >= 15 is 0 Å². The lowest BCUT2D eigenvalue weighted by Crippen LogP contribution is -2.32. The molecule has 1 atom stereocenters. The number of sulfone groups is 1. The normalized spacial score (nSPS) is 16.7. The molecule has 3 aromatic rings. The van der Waals surface area contributed by atoms with Gasteiger partial charge in [0.2, 0.25) is 5.91 Å². The largest absolute Gasteiger partial charge is 0.341 e. The molecule has 0 aliphatic carbocycles. The first kappa shape index (κ1) is 20.4. The third-order valence-electron chi connectivity index (χ3n) is 5.79. The predicted octanol–water partition coefficient (Wildman–Crippen LogP) is 4.28. The van der Waals surface area contributed by atoms with Crippen LogP contribution in [0, 0.1) is 0 Å². The molecule has 1 unspecified atom stereocenters.